The molecule has 1 amide bonds. The number of hydrogen-bond donors (Lipinski definition) is 2. The van der Waals surface area contributed by atoms with Crippen LogP contribution in [0.3, 0.4) is 0 Å². The summed E-state index contributed by atoms with van der Waals surface area (Å²) in [4.78, 5) is 22.5. The van der Waals surface area contributed by atoms with E-state index in [1.54, 1.807) is 37.3 Å². The van der Waals surface area contributed by atoms with E-state index in [9.17, 15) is 14.7 Å². The predicted molar refractivity (Wildman–Crippen MR) is 77.9 cm³/mol. The van der Waals surface area contributed by atoms with E-state index in [1.165, 1.54) is 6.92 Å². The molecule has 0 aliphatic carbocycles. The molecule has 0 aliphatic heterocycles. The summed E-state index contributed by atoms with van der Waals surface area (Å²) in [6, 6.07) is 12.5. The maximum atomic E-state index is 11.4. The largest absolute Gasteiger partial charge is 0.478 e. The van der Waals surface area contributed by atoms with Crippen LogP contribution in [0.1, 0.15) is 22.8 Å². The van der Waals surface area contributed by atoms with Crippen LogP contribution >= 0.6 is 0 Å². The zero-order valence-electron chi connectivity index (χ0n) is 11.3. The molecular weight excluding hydrogens is 254 g/mol. The maximum absolute atomic E-state index is 11.4. The summed E-state index contributed by atoms with van der Waals surface area (Å²) in [6.45, 7) is 3.20. The first-order valence-electron chi connectivity index (χ1n) is 6.20. The van der Waals surface area contributed by atoms with Gasteiger partial charge in [-0.3, -0.25) is 4.79 Å². The van der Waals surface area contributed by atoms with Crippen molar-refractivity contribution in [1.82, 2.24) is 0 Å². The summed E-state index contributed by atoms with van der Waals surface area (Å²) in [7, 11) is 0. The van der Waals surface area contributed by atoms with Gasteiger partial charge < -0.3 is 10.4 Å². The van der Waals surface area contributed by atoms with Gasteiger partial charge in [-0.05, 0) is 35.7 Å². The highest BCUT2D eigenvalue weighted by atomic mass is 16.4. The quantitative estimate of drug-likeness (QED) is 0.898. The minimum absolute atomic E-state index is 0.162. The van der Waals surface area contributed by atoms with Gasteiger partial charge in [0.2, 0.25) is 5.91 Å². The standard InChI is InChI=1S/C16H15NO3/c1-10-5-3-8-14(15(10)16(19)20)12-6-4-7-13(9-12)17-11(2)18/h3-9H,1-2H3,(H,17,18)(H,19,20). The molecule has 0 atom stereocenters. The van der Waals surface area contributed by atoms with Crippen molar-refractivity contribution >= 4 is 17.6 Å². The number of aryl methyl sites for hydroxylation is 1. The highest BCUT2D eigenvalue weighted by Crippen LogP contribution is 2.28. The number of carboxylic acid groups (broad SMARTS) is 1. The molecule has 0 radical (unpaired) electrons. The minimum Gasteiger partial charge on any atom is -0.478 e. The van der Waals surface area contributed by atoms with Crippen molar-refractivity contribution in [3.63, 3.8) is 0 Å². The van der Waals surface area contributed by atoms with Gasteiger partial charge in [0.05, 0.1) is 5.56 Å². The molecule has 4 nitrogen and oxygen atoms in total. The zero-order chi connectivity index (χ0) is 14.7. The van der Waals surface area contributed by atoms with Crippen LogP contribution in [0, 0.1) is 6.92 Å². The van der Waals surface area contributed by atoms with Crippen molar-refractivity contribution in [2.45, 2.75) is 13.8 Å². The van der Waals surface area contributed by atoms with E-state index < -0.39 is 5.97 Å². The van der Waals surface area contributed by atoms with Crippen LogP contribution < -0.4 is 5.32 Å². The van der Waals surface area contributed by atoms with Crippen LogP contribution in [-0.4, -0.2) is 17.0 Å². The summed E-state index contributed by atoms with van der Waals surface area (Å²) >= 11 is 0. The average molecular weight is 269 g/mol. The zero-order valence-corrected chi connectivity index (χ0v) is 11.3. The van der Waals surface area contributed by atoms with Gasteiger partial charge in [0, 0.05) is 12.6 Å². The number of anilines is 1. The summed E-state index contributed by atoms with van der Waals surface area (Å²) < 4.78 is 0. The molecule has 0 saturated heterocycles. The molecule has 102 valence electrons. The van der Waals surface area contributed by atoms with Crippen LogP contribution in [0.4, 0.5) is 5.69 Å². The van der Waals surface area contributed by atoms with Gasteiger partial charge in [0.1, 0.15) is 0 Å². The molecule has 0 spiro atoms. The summed E-state index contributed by atoms with van der Waals surface area (Å²) in [5.41, 5.74) is 3.04. The second kappa shape index (κ2) is 5.57. The van der Waals surface area contributed by atoms with E-state index in [4.69, 9.17) is 0 Å². The molecule has 2 aromatic rings. The topological polar surface area (TPSA) is 66.4 Å². The highest BCUT2D eigenvalue weighted by molar-refractivity contribution is 5.98. The third-order valence-corrected chi connectivity index (χ3v) is 2.98. The molecule has 2 N–H and O–H groups in total. The monoisotopic (exact) mass is 269 g/mol. The number of carboxylic acids is 1. The Labute approximate surface area is 117 Å². The number of carbonyl (C=O) groups excluding carboxylic acids is 1. The third kappa shape index (κ3) is 2.85. The first-order chi connectivity index (χ1) is 9.49. The number of aromatic carboxylic acids is 1. The lowest BCUT2D eigenvalue weighted by Crippen LogP contribution is -2.06. The molecule has 2 rings (SSSR count). The van der Waals surface area contributed by atoms with Crippen molar-refractivity contribution in [2.24, 2.45) is 0 Å². The Morgan fingerprint density at radius 2 is 1.80 bits per heavy atom. The van der Waals surface area contributed by atoms with Gasteiger partial charge in [-0.25, -0.2) is 4.79 Å². The van der Waals surface area contributed by atoms with Crippen molar-refractivity contribution in [3.8, 4) is 11.1 Å². The Morgan fingerprint density at radius 1 is 1.10 bits per heavy atom. The van der Waals surface area contributed by atoms with E-state index in [2.05, 4.69) is 5.32 Å². The van der Waals surface area contributed by atoms with E-state index in [-0.39, 0.29) is 11.5 Å². The van der Waals surface area contributed by atoms with Gasteiger partial charge in [-0.1, -0.05) is 30.3 Å². The fourth-order valence-electron chi connectivity index (χ4n) is 2.16. The van der Waals surface area contributed by atoms with Crippen molar-refractivity contribution in [1.29, 1.82) is 0 Å². The predicted octanol–water partition coefficient (Wildman–Crippen LogP) is 3.32. The molecule has 0 aliphatic rings. The Morgan fingerprint density at radius 3 is 2.45 bits per heavy atom. The first-order valence-corrected chi connectivity index (χ1v) is 6.20. The number of rotatable bonds is 3. The Balaban J connectivity index is 2.54. The maximum Gasteiger partial charge on any atom is 0.336 e. The van der Waals surface area contributed by atoms with Gasteiger partial charge in [-0.15, -0.1) is 0 Å². The lowest BCUT2D eigenvalue weighted by atomic mass is 9.96. The van der Waals surface area contributed by atoms with Crippen molar-refractivity contribution < 1.29 is 14.7 Å². The van der Waals surface area contributed by atoms with Crippen LogP contribution in [0.5, 0.6) is 0 Å². The number of carbonyl (C=O) groups is 2. The van der Waals surface area contributed by atoms with Gasteiger partial charge in [0.25, 0.3) is 0 Å². The van der Waals surface area contributed by atoms with E-state index in [1.807, 2.05) is 12.1 Å². The summed E-state index contributed by atoms with van der Waals surface area (Å²) in [6.07, 6.45) is 0. The van der Waals surface area contributed by atoms with Gasteiger partial charge in [-0.2, -0.15) is 0 Å². The third-order valence-electron chi connectivity index (χ3n) is 2.98. The normalized spacial score (nSPS) is 10.1. The highest BCUT2D eigenvalue weighted by Gasteiger charge is 2.14. The molecule has 0 saturated carbocycles. The number of benzene rings is 2. The van der Waals surface area contributed by atoms with Crippen LogP contribution in [0.15, 0.2) is 42.5 Å². The number of nitrogens with one attached hydrogen (secondary N) is 1. The number of hydrogen-bond acceptors (Lipinski definition) is 2. The van der Waals surface area contributed by atoms with Gasteiger partial charge >= 0.3 is 5.97 Å². The Bertz CT molecular complexity index is 677. The van der Waals surface area contributed by atoms with Crippen LogP contribution in [0.25, 0.3) is 11.1 Å². The Kier molecular flexibility index (Phi) is 3.84. The number of amides is 1. The molecule has 4 heteroatoms. The molecular formula is C16H15NO3. The average Bonchev–Trinajstić information content (AvgIpc) is 2.37. The van der Waals surface area contributed by atoms with E-state index in [0.717, 1.165) is 5.56 Å². The molecule has 0 fully saturated rings. The van der Waals surface area contributed by atoms with E-state index >= 15 is 0 Å². The molecule has 2 aromatic carbocycles. The summed E-state index contributed by atoms with van der Waals surface area (Å²) in [5, 5.41) is 12.0. The Hall–Kier alpha value is -2.62. The fourth-order valence-corrected chi connectivity index (χ4v) is 2.16. The molecule has 0 bridgehead atoms. The summed E-state index contributed by atoms with van der Waals surface area (Å²) in [5.74, 6) is -1.12. The molecule has 20 heavy (non-hydrogen) atoms. The molecule has 0 aromatic heterocycles. The van der Waals surface area contributed by atoms with Crippen LogP contribution in [0.2, 0.25) is 0 Å². The fraction of sp³-hybridized carbons (Fsp3) is 0.125. The lowest BCUT2D eigenvalue weighted by molar-refractivity contribution is -0.114. The van der Waals surface area contributed by atoms with E-state index in [0.29, 0.717) is 16.8 Å². The minimum atomic E-state index is -0.956. The molecule has 0 unspecified atom stereocenters. The lowest BCUT2D eigenvalue weighted by Gasteiger charge is -2.10. The molecule has 0 heterocycles. The smallest absolute Gasteiger partial charge is 0.336 e. The second-order valence-corrected chi connectivity index (χ2v) is 4.56. The first kappa shape index (κ1) is 13.8. The van der Waals surface area contributed by atoms with Gasteiger partial charge in [0.15, 0.2) is 0 Å². The SMILES string of the molecule is CC(=O)Nc1cccc(-c2cccc(C)c2C(=O)O)c1. The van der Waals surface area contributed by atoms with Crippen molar-refractivity contribution in [2.75, 3.05) is 5.32 Å². The van der Waals surface area contributed by atoms with Crippen LogP contribution in [-0.2, 0) is 4.79 Å². The second-order valence-electron chi connectivity index (χ2n) is 4.56. The van der Waals surface area contributed by atoms with Crippen molar-refractivity contribution in [3.05, 3.63) is 53.6 Å².